The molecule has 0 bridgehead atoms. The van der Waals surface area contributed by atoms with E-state index < -0.39 is 20.5 Å². The van der Waals surface area contributed by atoms with Crippen LogP contribution in [0, 0.1) is 0 Å². The van der Waals surface area contributed by atoms with Gasteiger partial charge in [0.1, 0.15) is 5.75 Å². The van der Waals surface area contributed by atoms with Gasteiger partial charge in [-0.25, -0.2) is 8.42 Å². The summed E-state index contributed by atoms with van der Waals surface area (Å²) in [6.07, 6.45) is 1.95. The molecule has 0 radical (unpaired) electrons. The fourth-order valence-electron chi connectivity index (χ4n) is 3.39. The number of amides is 1. The molecule has 2 aromatic rings. The maximum Gasteiger partial charge on any atom is 0.246 e. The van der Waals surface area contributed by atoms with Crippen LogP contribution in [0.2, 0.25) is 5.02 Å². The fraction of sp³-hybridized carbons (Fsp3) is 0.316. The van der Waals surface area contributed by atoms with Crippen molar-refractivity contribution >= 4 is 33.0 Å². The number of halogens is 1. The molecule has 1 N–H and O–H groups in total. The van der Waals surface area contributed by atoms with Gasteiger partial charge >= 0.3 is 0 Å². The van der Waals surface area contributed by atoms with Crippen LogP contribution in [-0.2, 0) is 14.6 Å². The minimum Gasteiger partial charge on any atom is -0.495 e. The lowest BCUT2D eigenvalue weighted by atomic mass is 10.1. The Morgan fingerprint density at radius 2 is 1.69 bits per heavy atom. The highest BCUT2D eigenvalue weighted by Crippen LogP contribution is 2.42. The van der Waals surface area contributed by atoms with Crippen molar-refractivity contribution in [1.82, 2.24) is 0 Å². The molecule has 1 aliphatic rings. The first-order valence-corrected chi connectivity index (χ1v) is 10.2. The molecule has 1 fully saturated rings. The lowest BCUT2D eigenvalue weighted by molar-refractivity contribution is -0.118. The number of hydrogen-bond donors (Lipinski definition) is 1. The third-order valence-corrected chi connectivity index (χ3v) is 7.59. The topological polar surface area (TPSA) is 72.5 Å². The highest BCUT2D eigenvalue weighted by atomic mass is 35.5. The van der Waals surface area contributed by atoms with E-state index in [-0.39, 0.29) is 4.90 Å². The predicted molar refractivity (Wildman–Crippen MR) is 101 cm³/mol. The zero-order valence-corrected chi connectivity index (χ0v) is 15.9. The summed E-state index contributed by atoms with van der Waals surface area (Å²) in [6, 6.07) is 12.9. The SMILES string of the molecule is COc1ccccc1NC(=O)C1(S(=O)(=O)c2ccc(Cl)cc2)CCCC1. The normalized spacial score (nSPS) is 16.2. The van der Waals surface area contributed by atoms with Gasteiger partial charge in [0, 0.05) is 5.02 Å². The monoisotopic (exact) mass is 393 g/mol. The highest BCUT2D eigenvalue weighted by Gasteiger charge is 2.53. The number of para-hydroxylation sites is 2. The van der Waals surface area contributed by atoms with Crippen molar-refractivity contribution in [2.24, 2.45) is 0 Å². The molecule has 2 aromatic carbocycles. The molecule has 0 atom stereocenters. The molecule has 5 nitrogen and oxygen atoms in total. The summed E-state index contributed by atoms with van der Waals surface area (Å²) in [6.45, 7) is 0. The molecular weight excluding hydrogens is 374 g/mol. The Morgan fingerprint density at radius 1 is 1.08 bits per heavy atom. The van der Waals surface area contributed by atoms with Crippen LogP contribution in [-0.4, -0.2) is 26.2 Å². The maximum absolute atomic E-state index is 13.3. The first-order chi connectivity index (χ1) is 12.4. The van der Waals surface area contributed by atoms with Gasteiger partial charge in [-0.2, -0.15) is 0 Å². The zero-order valence-electron chi connectivity index (χ0n) is 14.4. The Labute approximate surface area is 158 Å². The molecule has 0 aromatic heterocycles. The summed E-state index contributed by atoms with van der Waals surface area (Å²) in [5, 5.41) is 3.21. The molecule has 138 valence electrons. The molecule has 0 aliphatic heterocycles. The van der Waals surface area contributed by atoms with Crippen LogP contribution < -0.4 is 10.1 Å². The van der Waals surface area contributed by atoms with E-state index in [0.717, 1.165) is 0 Å². The van der Waals surface area contributed by atoms with Gasteiger partial charge in [-0.3, -0.25) is 4.79 Å². The number of methoxy groups -OCH3 is 1. The summed E-state index contributed by atoms with van der Waals surface area (Å²) in [4.78, 5) is 13.2. The van der Waals surface area contributed by atoms with E-state index in [1.54, 1.807) is 24.3 Å². The van der Waals surface area contributed by atoms with Gasteiger partial charge in [0.05, 0.1) is 17.7 Å². The van der Waals surface area contributed by atoms with Crippen molar-refractivity contribution < 1.29 is 17.9 Å². The largest absolute Gasteiger partial charge is 0.495 e. The number of rotatable bonds is 5. The number of ether oxygens (including phenoxy) is 1. The van der Waals surface area contributed by atoms with Crippen LogP contribution in [0.1, 0.15) is 25.7 Å². The third-order valence-electron chi connectivity index (χ3n) is 4.82. The number of hydrogen-bond acceptors (Lipinski definition) is 4. The number of anilines is 1. The average Bonchev–Trinajstić information content (AvgIpc) is 3.14. The quantitative estimate of drug-likeness (QED) is 0.830. The maximum atomic E-state index is 13.3. The summed E-state index contributed by atoms with van der Waals surface area (Å²) in [5.74, 6) is -0.0349. The van der Waals surface area contributed by atoms with E-state index >= 15 is 0 Å². The van der Waals surface area contributed by atoms with Gasteiger partial charge in [-0.15, -0.1) is 0 Å². The summed E-state index contributed by atoms with van der Waals surface area (Å²) in [5.41, 5.74) is 0.456. The molecule has 0 saturated heterocycles. The molecule has 26 heavy (non-hydrogen) atoms. The van der Waals surface area contributed by atoms with Gasteiger partial charge in [0.25, 0.3) is 0 Å². The lowest BCUT2D eigenvalue weighted by Gasteiger charge is -2.28. The molecule has 0 heterocycles. The summed E-state index contributed by atoms with van der Waals surface area (Å²) >= 11 is 5.87. The van der Waals surface area contributed by atoms with Gasteiger partial charge < -0.3 is 10.1 Å². The first-order valence-electron chi connectivity index (χ1n) is 8.35. The Balaban J connectivity index is 1.99. The van der Waals surface area contributed by atoms with Crippen molar-refractivity contribution in [3.05, 3.63) is 53.6 Å². The summed E-state index contributed by atoms with van der Waals surface area (Å²) < 4.78 is 30.4. The molecule has 0 spiro atoms. The number of nitrogens with one attached hydrogen (secondary N) is 1. The number of benzene rings is 2. The Bertz CT molecular complexity index is 903. The highest BCUT2D eigenvalue weighted by molar-refractivity contribution is 7.93. The number of carbonyl (C=O) groups is 1. The minimum absolute atomic E-state index is 0.110. The van der Waals surface area contributed by atoms with Gasteiger partial charge in [0.2, 0.25) is 5.91 Å². The van der Waals surface area contributed by atoms with E-state index in [1.165, 1.54) is 31.4 Å². The molecular formula is C19H20ClNO4S. The Hall–Kier alpha value is -2.05. The van der Waals surface area contributed by atoms with Crippen molar-refractivity contribution in [2.45, 2.75) is 35.3 Å². The van der Waals surface area contributed by atoms with E-state index in [4.69, 9.17) is 16.3 Å². The van der Waals surface area contributed by atoms with Crippen LogP contribution >= 0.6 is 11.6 Å². The van der Waals surface area contributed by atoms with Crippen molar-refractivity contribution in [2.75, 3.05) is 12.4 Å². The zero-order chi connectivity index (χ0) is 18.8. The molecule has 1 amide bonds. The van der Waals surface area contributed by atoms with Crippen LogP contribution in [0.15, 0.2) is 53.4 Å². The van der Waals surface area contributed by atoms with Gasteiger partial charge in [0.15, 0.2) is 14.6 Å². The number of carbonyl (C=O) groups excluding carboxylic acids is 1. The molecule has 1 aliphatic carbocycles. The molecule has 3 rings (SSSR count). The van der Waals surface area contributed by atoms with Gasteiger partial charge in [-0.1, -0.05) is 36.6 Å². The second kappa shape index (κ2) is 7.29. The molecule has 0 unspecified atom stereocenters. The second-order valence-electron chi connectivity index (χ2n) is 6.31. The first kappa shape index (κ1) is 18.7. The average molecular weight is 394 g/mol. The Morgan fingerprint density at radius 3 is 2.31 bits per heavy atom. The van der Waals surface area contributed by atoms with Crippen LogP contribution in [0.25, 0.3) is 0 Å². The number of sulfone groups is 1. The minimum atomic E-state index is -3.87. The second-order valence-corrected chi connectivity index (χ2v) is 9.01. The van der Waals surface area contributed by atoms with Crippen LogP contribution in [0.3, 0.4) is 0 Å². The Kier molecular flexibility index (Phi) is 5.25. The van der Waals surface area contributed by atoms with Crippen LogP contribution in [0.4, 0.5) is 5.69 Å². The third kappa shape index (κ3) is 3.19. The molecule has 7 heteroatoms. The van der Waals surface area contributed by atoms with Crippen molar-refractivity contribution in [3.63, 3.8) is 0 Å². The van der Waals surface area contributed by atoms with E-state index in [9.17, 15) is 13.2 Å². The predicted octanol–water partition coefficient (Wildman–Crippen LogP) is 4.07. The van der Waals surface area contributed by atoms with Crippen LogP contribution in [0.5, 0.6) is 5.75 Å². The van der Waals surface area contributed by atoms with Crippen molar-refractivity contribution in [1.29, 1.82) is 0 Å². The smallest absolute Gasteiger partial charge is 0.246 e. The summed E-state index contributed by atoms with van der Waals surface area (Å²) in [7, 11) is -2.37. The molecule has 1 saturated carbocycles. The van der Waals surface area contributed by atoms with Crippen molar-refractivity contribution in [3.8, 4) is 5.75 Å². The van der Waals surface area contributed by atoms with E-state index in [1.807, 2.05) is 0 Å². The lowest BCUT2D eigenvalue weighted by Crippen LogP contribution is -2.47. The fourth-order valence-corrected chi connectivity index (χ4v) is 5.58. The van der Waals surface area contributed by atoms with E-state index in [2.05, 4.69) is 5.32 Å². The standard InChI is InChI=1S/C19H20ClNO4S/c1-25-17-7-3-2-6-16(17)21-18(22)19(12-4-5-13-19)26(23,24)15-10-8-14(20)9-11-15/h2-3,6-11H,4-5,12-13H2,1H3,(H,21,22). The van der Waals surface area contributed by atoms with E-state index in [0.29, 0.717) is 42.1 Å². The van der Waals surface area contributed by atoms with Gasteiger partial charge in [-0.05, 0) is 49.2 Å².